The van der Waals surface area contributed by atoms with Crippen molar-refractivity contribution >= 4 is 23.3 Å². The van der Waals surface area contributed by atoms with Crippen molar-refractivity contribution in [3.8, 4) is 5.75 Å². The molecule has 2 rings (SSSR count). The Morgan fingerprint density at radius 1 is 1.69 bits per heavy atom. The summed E-state index contributed by atoms with van der Waals surface area (Å²) in [5.74, 6) is -0.195. The zero-order valence-corrected chi connectivity index (χ0v) is 9.57. The average Bonchev–Trinajstić information content (AvgIpc) is 2.23. The zero-order valence-electron chi connectivity index (χ0n) is 8.81. The van der Waals surface area contributed by atoms with Crippen LogP contribution in [-0.2, 0) is 4.79 Å². The number of anilines is 1. The normalized spacial score (nSPS) is 18.9. The number of para-hydroxylation sites is 1. The second kappa shape index (κ2) is 4.22. The van der Waals surface area contributed by atoms with E-state index in [4.69, 9.17) is 21.4 Å². The lowest BCUT2D eigenvalue weighted by Gasteiger charge is -2.35. The minimum Gasteiger partial charge on any atom is -0.488 e. The quantitative estimate of drug-likeness (QED) is 0.861. The number of fused-ring (bicyclic) bond motifs is 1. The first kappa shape index (κ1) is 11.1. The number of carbonyl (C=O) groups is 1. The van der Waals surface area contributed by atoms with Crippen LogP contribution in [0.2, 0.25) is 5.02 Å². The fourth-order valence-corrected chi connectivity index (χ4v) is 2.03. The molecule has 0 bridgehead atoms. The predicted octanol–water partition coefficient (Wildman–Crippen LogP) is 2.01. The largest absolute Gasteiger partial charge is 0.488 e. The third-order valence-corrected chi connectivity index (χ3v) is 3.00. The van der Waals surface area contributed by atoms with Gasteiger partial charge < -0.3 is 14.7 Å². The fraction of sp³-hybridized carbons (Fsp3) is 0.364. The maximum absolute atomic E-state index is 10.7. The third-order valence-electron chi connectivity index (χ3n) is 2.70. The number of carboxylic acids is 1. The van der Waals surface area contributed by atoms with Crippen molar-refractivity contribution in [2.45, 2.75) is 12.5 Å². The van der Waals surface area contributed by atoms with E-state index in [2.05, 4.69) is 0 Å². The van der Waals surface area contributed by atoms with E-state index in [1.54, 1.807) is 6.07 Å². The highest BCUT2D eigenvalue weighted by atomic mass is 35.5. The van der Waals surface area contributed by atoms with Crippen LogP contribution in [0.4, 0.5) is 5.69 Å². The first-order chi connectivity index (χ1) is 7.59. The van der Waals surface area contributed by atoms with Crippen LogP contribution >= 0.6 is 11.6 Å². The molecule has 0 radical (unpaired) electrons. The number of nitrogens with zero attached hydrogens (tertiary/aromatic N) is 1. The monoisotopic (exact) mass is 241 g/mol. The van der Waals surface area contributed by atoms with Crippen molar-refractivity contribution in [1.29, 1.82) is 0 Å². The molecule has 0 amide bonds. The van der Waals surface area contributed by atoms with E-state index >= 15 is 0 Å². The lowest BCUT2D eigenvalue weighted by atomic mass is 10.1. The molecule has 0 spiro atoms. The Morgan fingerprint density at radius 2 is 2.44 bits per heavy atom. The minimum atomic E-state index is -0.828. The number of carboxylic acid groups (broad SMARTS) is 1. The van der Waals surface area contributed by atoms with Crippen LogP contribution in [0.25, 0.3) is 0 Å². The SMILES string of the molecule is CN1c2cccc(Cl)c2OCC1CC(=O)O. The van der Waals surface area contributed by atoms with Crippen molar-refractivity contribution in [3.05, 3.63) is 23.2 Å². The number of hydrogen-bond donors (Lipinski definition) is 1. The van der Waals surface area contributed by atoms with Gasteiger partial charge in [-0.25, -0.2) is 0 Å². The number of rotatable bonds is 2. The van der Waals surface area contributed by atoms with Gasteiger partial charge in [-0.05, 0) is 12.1 Å². The average molecular weight is 242 g/mol. The molecule has 1 aromatic rings. The summed E-state index contributed by atoms with van der Waals surface area (Å²) >= 11 is 5.99. The Morgan fingerprint density at radius 3 is 3.12 bits per heavy atom. The van der Waals surface area contributed by atoms with Crippen LogP contribution in [0.1, 0.15) is 6.42 Å². The van der Waals surface area contributed by atoms with E-state index in [0.29, 0.717) is 17.4 Å². The van der Waals surface area contributed by atoms with Crippen molar-refractivity contribution in [3.63, 3.8) is 0 Å². The molecule has 0 aromatic heterocycles. The van der Waals surface area contributed by atoms with Crippen LogP contribution in [0, 0.1) is 0 Å². The highest BCUT2D eigenvalue weighted by molar-refractivity contribution is 6.32. The van der Waals surface area contributed by atoms with E-state index in [1.807, 2.05) is 24.1 Å². The van der Waals surface area contributed by atoms with Gasteiger partial charge in [-0.2, -0.15) is 0 Å². The summed E-state index contributed by atoms with van der Waals surface area (Å²) in [6.07, 6.45) is 0.0580. The van der Waals surface area contributed by atoms with Gasteiger partial charge in [0, 0.05) is 7.05 Å². The molecule has 0 saturated carbocycles. The summed E-state index contributed by atoms with van der Waals surface area (Å²) in [7, 11) is 1.85. The second-order valence-corrected chi connectivity index (χ2v) is 4.17. The van der Waals surface area contributed by atoms with Gasteiger partial charge in [0.15, 0.2) is 5.75 Å². The number of likely N-dealkylation sites (N-methyl/N-ethyl adjacent to an activating group) is 1. The Kier molecular flexibility index (Phi) is 2.92. The van der Waals surface area contributed by atoms with Crippen LogP contribution in [0.5, 0.6) is 5.75 Å². The molecule has 1 aliphatic heterocycles. The molecule has 5 heteroatoms. The molecule has 16 heavy (non-hydrogen) atoms. The molecule has 1 N–H and O–H groups in total. The number of halogens is 1. The number of ether oxygens (including phenoxy) is 1. The van der Waals surface area contributed by atoms with Crippen LogP contribution < -0.4 is 9.64 Å². The van der Waals surface area contributed by atoms with Gasteiger partial charge in [-0.1, -0.05) is 17.7 Å². The highest BCUT2D eigenvalue weighted by Gasteiger charge is 2.27. The van der Waals surface area contributed by atoms with Gasteiger partial charge in [0.25, 0.3) is 0 Å². The summed E-state index contributed by atoms with van der Waals surface area (Å²) in [6.45, 7) is 0.347. The van der Waals surface area contributed by atoms with E-state index < -0.39 is 5.97 Å². The molecule has 4 nitrogen and oxygen atoms in total. The maximum Gasteiger partial charge on any atom is 0.305 e. The Hall–Kier alpha value is -1.42. The zero-order chi connectivity index (χ0) is 11.7. The smallest absolute Gasteiger partial charge is 0.305 e. The molecule has 86 valence electrons. The summed E-state index contributed by atoms with van der Waals surface area (Å²) in [6, 6.07) is 5.30. The van der Waals surface area contributed by atoms with Gasteiger partial charge in [0.05, 0.1) is 23.2 Å². The first-order valence-corrected chi connectivity index (χ1v) is 5.33. The fourth-order valence-electron chi connectivity index (χ4n) is 1.80. The van der Waals surface area contributed by atoms with Crippen LogP contribution in [0.3, 0.4) is 0 Å². The van der Waals surface area contributed by atoms with Crippen molar-refractivity contribution in [2.75, 3.05) is 18.6 Å². The third kappa shape index (κ3) is 1.93. The van der Waals surface area contributed by atoms with Crippen LogP contribution in [-0.4, -0.2) is 30.8 Å². The molecule has 1 heterocycles. The molecule has 0 aliphatic carbocycles. The lowest BCUT2D eigenvalue weighted by molar-refractivity contribution is -0.137. The molecule has 0 saturated heterocycles. The Bertz CT molecular complexity index is 422. The van der Waals surface area contributed by atoms with Crippen molar-refractivity contribution in [2.24, 2.45) is 0 Å². The van der Waals surface area contributed by atoms with Crippen LogP contribution in [0.15, 0.2) is 18.2 Å². The Labute approximate surface area is 98.4 Å². The van der Waals surface area contributed by atoms with E-state index in [1.165, 1.54) is 0 Å². The van der Waals surface area contributed by atoms with Gasteiger partial charge >= 0.3 is 5.97 Å². The second-order valence-electron chi connectivity index (χ2n) is 3.76. The molecular weight excluding hydrogens is 230 g/mol. The molecule has 1 aromatic carbocycles. The van der Waals surface area contributed by atoms with E-state index in [0.717, 1.165) is 5.69 Å². The first-order valence-electron chi connectivity index (χ1n) is 4.95. The van der Waals surface area contributed by atoms with E-state index in [-0.39, 0.29) is 12.5 Å². The summed E-state index contributed by atoms with van der Waals surface area (Å²) in [4.78, 5) is 12.6. The standard InChI is InChI=1S/C11H12ClNO3/c1-13-7(5-10(14)15)6-16-11-8(12)3-2-4-9(11)13/h2-4,7H,5-6H2,1H3,(H,14,15). The molecule has 1 unspecified atom stereocenters. The van der Waals surface area contributed by atoms with Gasteiger partial charge in [0.2, 0.25) is 0 Å². The predicted molar refractivity (Wildman–Crippen MR) is 61.4 cm³/mol. The highest BCUT2D eigenvalue weighted by Crippen LogP contribution is 2.39. The van der Waals surface area contributed by atoms with Crippen molar-refractivity contribution in [1.82, 2.24) is 0 Å². The topological polar surface area (TPSA) is 49.8 Å². The number of aliphatic carboxylic acids is 1. The van der Waals surface area contributed by atoms with Gasteiger partial charge in [-0.3, -0.25) is 4.79 Å². The Balaban J connectivity index is 2.28. The summed E-state index contributed by atoms with van der Waals surface area (Å²) in [5.41, 5.74) is 0.838. The van der Waals surface area contributed by atoms with Gasteiger partial charge in [-0.15, -0.1) is 0 Å². The number of benzene rings is 1. The lowest BCUT2D eigenvalue weighted by Crippen LogP contribution is -2.41. The molecule has 1 atom stereocenters. The van der Waals surface area contributed by atoms with E-state index in [9.17, 15) is 4.79 Å². The minimum absolute atomic E-state index is 0.0580. The van der Waals surface area contributed by atoms with Gasteiger partial charge in [0.1, 0.15) is 6.61 Å². The number of hydrogen-bond acceptors (Lipinski definition) is 3. The summed E-state index contributed by atoms with van der Waals surface area (Å²) < 4.78 is 5.50. The molecular formula is C11H12ClNO3. The summed E-state index contributed by atoms with van der Waals surface area (Å²) in [5, 5.41) is 9.33. The molecule has 0 fully saturated rings. The maximum atomic E-state index is 10.7. The molecule has 1 aliphatic rings. The van der Waals surface area contributed by atoms with Crippen molar-refractivity contribution < 1.29 is 14.6 Å².